The van der Waals surface area contributed by atoms with E-state index in [-0.39, 0.29) is 11.9 Å². The zero-order valence-electron chi connectivity index (χ0n) is 15.7. The van der Waals surface area contributed by atoms with Crippen LogP contribution in [0, 0.1) is 0 Å². The smallest absolute Gasteiger partial charge is 0.305 e. The molecule has 2 N–H and O–H groups in total. The van der Waals surface area contributed by atoms with E-state index < -0.39 is 0 Å². The van der Waals surface area contributed by atoms with Crippen LogP contribution in [-0.2, 0) is 15.3 Å². The highest BCUT2D eigenvalue weighted by molar-refractivity contribution is 7.98. The summed E-state index contributed by atoms with van der Waals surface area (Å²) in [5.74, 6) is 0.260. The number of hydrogen-bond acceptors (Lipinski definition) is 5. The summed E-state index contributed by atoms with van der Waals surface area (Å²) in [6.45, 7) is 2.59. The minimum absolute atomic E-state index is 0.135. The van der Waals surface area contributed by atoms with Crippen molar-refractivity contribution in [2.45, 2.75) is 30.7 Å². The summed E-state index contributed by atoms with van der Waals surface area (Å²) in [5.41, 5.74) is 3.51. The highest BCUT2D eigenvalue weighted by atomic mass is 32.2. The van der Waals surface area contributed by atoms with Crippen LogP contribution in [0.1, 0.15) is 35.7 Å². The number of nitrogens with zero attached hydrogens (tertiary/aromatic N) is 1. The summed E-state index contributed by atoms with van der Waals surface area (Å²) >= 11 is 1.56. The maximum Gasteiger partial charge on any atom is 0.305 e. The molecule has 0 aliphatic rings. The number of H-pyrrole nitrogens is 1. The van der Waals surface area contributed by atoms with Crippen LogP contribution in [-0.4, -0.2) is 35.0 Å². The Kier molecular flexibility index (Phi) is 7.08. The molecule has 0 aliphatic carbocycles. The summed E-state index contributed by atoms with van der Waals surface area (Å²) < 4.78 is 4.89. The van der Waals surface area contributed by atoms with Gasteiger partial charge in [-0.3, -0.25) is 9.59 Å². The van der Waals surface area contributed by atoms with Gasteiger partial charge in [-0.1, -0.05) is 42.1 Å². The Morgan fingerprint density at radius 3 is 2.75 bits per heavy atom. The fourth-order valence-corrected chi connectivity index (χ4v) is 3.66. The van der Waals surface area contributed by atoms with Crippen LogP contribution < -0.4 is 5.32 Å². The van der Waals surface area contributed by atoms with Crippen molar-refractivity contribution in [1.82, 2.24) is 15.3 Å². The molecule has 1 aromatic heterocycles. The lowest BCUT2D eigenvalue weighted by atomic mass is 10.1. The number of aromatic nitrogens is 2. The van der Waals surface area contributed by atoms with Crippen molar-refractivity contribution in [3.63, 3.8) is 0 Å². The molecule has 0 atom stereocenters. The normalized spacial score (nSPS) is 10.8. The maximum absolute atomic E-state index is 12.5. The van der Waals surface area contributed by atoms with Gasteiger partial charge in [-0.2, -0.15) is 0 Å². The first-order chi connectivity index (χ1) is 13.7. The van der Waals surface area contributed by atoms with Gasteiger partial charge in [0.05, 0.1) is 17.6 Å². The first-order valence-electron chi connectivity index (χ1n) is 9.26. The van der Waals surface area contributed by atoms with Gasteiger partial charge in [-0.15, -0.1) is 0 Å². The lowest BCUT2D eigenvalue weighted by Crippen LogP contribution is -2.26. The molecule has 0 unspecified atom stereocenters. The molecule has 0 saturated heterocycles. The minimum Gasteiger partial charge on any atom is -0.466 e. The van der Waals surface area contributed by atoms with Crippen LogP contribution >= 0.6 is 11.8 Å². The van der Waals surface area contributed by atoms with Crippen molar-refractivity contribution < 1.29 is 14.3 Å². The summed E-state index contributed by atoms with van der Waals surface area (Å²) in [4.78, 5) is 31.7. The van der Waals surface area contributed by atoms with Crippen molar-refractivity contribution in [3.8, 4) is 0 Å². The number of aromatic amines is 1. The largest absolute Gasteiger partial charge is 0.466 e. The number of ether oxygens (including phenoxy) is 1. The zero-order valence-corrected chi connectivity index (χ0v) is 16.6. The van der Waals surface area contributed by atoms with Crippen molar-refractivity contribution >= 4 is 34.7 Å². The fraction of sp³-hybridized carbons (Fsp3) is 0.286. The number of hydrogen-bond donors (Lipinski definition) is 2. The molecule has 6 nitrogen and oxygen atoms in total. The summed E-state index contributed by atoms with van der Waals surface area (Å²) in [7, 11) is 0. The number of nitrogens with one attached hydrogen (secondary N) is 2. The van der Waals surface area contributed by atoms with Crippen molar-refractivity contribution in [1.29, 1.82) is 0 Å². The van der Waals surface area contributed by atoms with Gasteiger partial charge in [0.25, 0.3) is 5.91 Å². The standard InChI is InChI=1S/C21H23N3O3S/c1-2-27-19(25)12-7-13-22-20(26)16-9-4-3-8-15(16)14-28-21-23-17-10-5-6-11-18(17)24-21/h3-6,8-11H,2,7,12-14H2,1H3,(H,22,26)(H,23,24). The van der Waals surface area contributed by atoms with Gasteiger partial charge in [0.2, 0.25) is 0 Å². The van der Waals surface area contributed by atoms with Gasteiger partial charge in [-0.25, -0.2) is 4.98 Å². The van der Waals surface area contributed by atoms with Gasteiger partial charge in [0.15, 0.2) is 5.16 Å². The maximum atomic E-state index is 12.5. The van der Waals surface area contributed by atoms with Crippen molar-refractivity contribution in [3.05, 3.63) is 59.7 Å². The van der Waals surface area contributed by atoms with E-state index in [1.165, 1.54) is 0 Å². The lowest BCUT2D eigenvalue weighted by Gasteiger charge is -2.09. The van der Waals surface area contributed by atoms with E-state index in [2.05, 4.69) is 15.3 Å². The van der Waals surface area contributed by atoms with E-state index in [1.54, 1.807) is 18.7 Å². The van der Waals surface area contributed by atoms with Gasteiger partial charge in [0.1, 0.15) is 0 Å². The third kappa shape index (κ3) is 5.36. The molecule has 3 aromatic rings. The highest BCUT2D eigenvalue weighted by Crippen LogP contribution is 2.24. The summed E-state index contributed by atoms with van der Waals surface area (Å²) in [5, 5.41) is 3.70. The Balaban J connectivity index is 1.56. The van der Waals surface area contributed by atoms with Crippen LogP contribution in [0.3, 0.4) is 0 Å². The number of carbonyl (C=O) groups excluding carboxylic acids is 2. The average Bonchev–Trinajstić information content (AvgIpc) is 3.13. The molecule has 0 spiro atoms. The van der Waals surface area contributed by atoms with Gasteiger partial charge >= 0.3 is 5.97 Å². The first kappa shape index (κ1) is 19.9. The number of thioether (sulfide) groups is 1. The first-order valence-corrected chi connectivity index (χ1v) is 10.2. The van der Waals surface area contributed by atoms with E-state index >= 15 is 0 Å². The number of esters is 1. The third-order valence-electron chi connectivity index (χ3n) is 4.14. The second-order valence-electron chi connectivity index (χ2n) is 6.17. The van der Waals surface area contributed by atoms with E-state index in [4.69, 9.17) is 4.74 Å². The molecule has 28 heavy (non-hydrogen) atoms. The topological polar surface area (TPSA) is 84.1 Å². The molecule has 7 heteroatoms. The lowest BCUT2D eigenvalue weighted by molar-refractivity contribution is -0.143. The molecule has 1 heterocycles. The van der Waals surface area contributed by atoms with Crippen LogP contribution in [0.2, 0.25) is 0 Å². The van der Waals surface area contributed by atoms with E-state index in [1.807, 2.05) is 48.5 Å². The molecule has 3 rings (SSSR count). The second-order valence-corrected chi connectivity index (χ2v) is 7.13. The summed E-state index contributed by atoms with van der Waals surface area (Å²) in [6, 6.07) is 15.4. The number of fused-ring (bicyclic) bond motifs is 1. The Labute approximate surface area is 168 Å². The molecule has 0 saturated carbocycles. The molecule has 0 bridgehead atoms. The predicted molar refractivity (Wildman–Crippen MR) is 110 cm³/mol. The summed E-state index contributed by atoms with van der Waals surface area (Å²) in [6.07, 6.45) is 0.859. The number of rotatable bonds is 9. The Bertz CT molecular complexity index is 922. The molecule has 2 aromatic carbocycles. The average molecular weight is 398 g/mol. The van der Waals surface area contributed by atoms with E-state index in [9.17, 15) is 9.59 Å². The molecule has 0 radical (unpaired) electrons. The number of imidazole rings is 1. The fourth-order valence-electron chi connectivity index (χ4n) is 2.77. The minimum atomic E-state index is -0.237. The molecular formula is C21H23N3O3S. The van der Waals surface area contributed by atoms with E-state index in [0.29, 0.717) is 37.3 Å². The number of amides is 1. The zero-order chi connectivity index (χ0) is 19.8. The quantitative estimate of drug-likeness (QED) is 0.325. The SMILES string of the molecule is CCOC(=O)CCCNC(=O)c1ccccc1CSc1nc2ccccc2[nH]1. The van der Waals surface area contributed by atoms with Gasteiger partial charge < -0.3 is 15.0 Å². The van der Waals surface area contributed by atoms with Gasteiger partial charge in [-0.05, 0) is 37.1 Å². The monoisotopic (exact) mass is 397 g/mol. The number of benzene rings is 2. The number of carbonyl (C=O) groups is 2. The van der Waals surface area contributed by atoms with Crippen LogP contribution in [0.25, 0.3) is 11.0 Å². The van der Waals surface area contributed by atoms with Crippen LogP contribution in [0.15, 0.2) is 53.7 Å². The van der Waals surface area contributed by atoms with Crippen LogP contribution in [0.5, 0.6) is 0 Å². The van der Waals surface area contributed by atoms with Gasteiger partial charge in [0, 0.05) is 24.3 Å². The Morgan fingerprint density at radius 2 is 1.93 bits per heavy atom. The predicted octanol–water partition coefficient (Wildman–Crippen LogP) is 3.93. The third-order valence-corrected chi connectivity index (χ3v) is 5.06. The van der Waals surface area contributed by atoms with E-state index in [0.717, 1.165) is 21.8 Å². The number of para-hydroxylation sites is 2. The highest BCUT2D eigenvalue weighted by Gasteiger charge is 2.12. The molecular weight excluding hydrogens is 374 g/mol. The Morgan fingerprint density at radius 1 is 1.14 bits per heavy atom. The molecule has 1 amide bonds. The Hall–Kier alpha value is -2.80. The van der Waals surface area contributed by atoms with Crippen molar-refractivity contribution in [2.75, 3.05) is 13.2 Å². The molecule has 0 aliphatic heterocycles. The second kappa shape index (κ2) is 9.94. The molecule has 146 valence electrons. The van der Waals surface area contributed by atoms with Crippen LogP contribution in [0.4, 0.5) is 0 Å². The molecule has 0 fully saturated rings. The van der Waals surface area contributed by atoms with Crippen molar-refractivity contribution in [2.24, 2.45) is 0 Å².